The second-order valence-corrected chi connectivity index (χ2v) is 3.62. The second kappa shape index (κ2) is 4.34. The van der Waals surface area contributed by atoms with Crippen molar-refractivity contribution in [3.05, 3.63) is 0 Å². The first-order valence-electron chi connectivity index (χ1n) is 3.38. The molecule has 0 radical (unpaired) electrons. The maximum absolute atomic E-state index is 10.3. The summed E-state index contributed by atoms with van der Waals surface area (Å²) in [6, 6.07) is 0. The number of carbonyl (C=O) groups is 3. The van der Waals surface area contributed by atoms with Crippen LogP contribution in [-0.4, -0.2) is 43.7 Å². The van der Waals surface area contributed by atoms with Crippen molar-refractivity contribution in [1.29, 1.82) is 0 Å². The van der Waals surface area contributed by atoms with Gasteiger partial charge in [0.1, 0.15) is 0 Å². The molecule has 0 aliphatic carbocycles. The van der Waals surface area contributed by atoms with Gasteiger partial charge in [-0.15, -0.1) is 0 Å². The molecule has 0 saturated carbocycles. The van der Waals surface area contributed by atoms with Gasteiger partial charge in [-0.2, -0.15) is 0 Å². The lowest BCUT2D eigenvalue weighted by Crippen LogP contribution is -2.38. The SMILES string of the molecule is O=C(O)C(CC(O)(P)C(=O)O)C(=O)O. The molecule has 0 saturated heterocycles. The molecule has 2 atom stereocenters. The lowest BCUT2D eigenvalue weighted by molar-refractivity contribution is -0.159. The van der Waals surface area contributed by atoms with E-state index in [1.807, 2.05) is 0 Å². The van der Waals surface area contributed by atoms with Crippen molar-refractivity contribution in [2.75, 3.05) is 0 Å². The summed E-state index contributed by atoms with van der Waals surface area (Å²) in [6.07, 6.45) is -0.919. The normalized spacial score (nSPS) is 14.8. The third-order valence-corrected chi connectivity index (χ3v) is 1.96. The first-order chi connectivity index (χ1) is 6.18. The van der Waals surface area contributed by atoms with Crippen molar-refractivity contribution in [2.24, 2.45) is 5.92 Å². The molecule has 0 amide bonds. The zero-order valence-electron chi connectivity index (χ0n) is 6.88. The van der Waals surface area contributed by atoms with Gasteiger partial charge < -0.3 is 20.4 Å². The van der Waals surface area contributed by atoms with Crippen molar-refractivity contribution in [3.8, 4) is 0 Å². The summed E-state index contributed by atoms with van der Waals surface area (Å²) in [5.41, 5.74) is 0. The molecule has 0 aromatic rings. The Morgan fingerprint density at radius 2 is 1.50 bits per heavy atom. The van der Waals surface area contributed by atoms with E-state index in [4.69, 9.17) is 20.4 Å². The van der Waals surface area contributed by atoms with Crippen molar-refractivity contribution in [2.45, 2.75) is 11.8 Å². The molecule has 2 unspecified atom stereocenters. The maximum Gasteiger partial charge on any atom is 0.339 e. The van der Waals surface area contributed by atoms with Gasteiger partial charge in [0.25, 0.3) is 0 Å². The Morgan fingerprint density at radius 1 is 1.14 bits per heavy atom. The molecule has 14 heavy (non-hydrogen) atoms. The van der Waals surface area contributed by atoms with Crippen LogP contribution in [0.4, 0.5) is 0 Å². The van der Waals surface area contributed by atoms with Crippen LogP contribution in [0.2, 0.25) is 0 Å². The Balaban J connectivity index is 4.69. The Labute approximate surface area is 80.6 Å². The topological polar surface area (TPSA) is 132 Å². The van der Waals surface area contributed by atoms with E-state index in [1.54, 1.807) is 0 Å². The molecule has 0 bridgehead atoms. The molecule has 4 N–H and O–H groups in total. The van der Waals surface area contributed by atoms with Gasteiger partial charge >= 0.3 is 17.9 Å². The van der Waals surface area contributed by atoms with E-state index < -0.39 is 35.6 Å². The quantitative estimate of drug-likeness (QED) is 0.341. The van der Waals surface area contributed by atoms with Crippen LogP contribution < -0.4 is 0 Å². The number of carboxylic acids is 3. The number of aliphatic carboxylic acids is 3. The predicted molar refractivity (Wildman–Crippen MR) is 45.7 cm³/mol. The summed E-state index contributed by atoms with van der Waals surface area (Å²) in [6.45, 7) is 0. The lowest BCUT2D eigenvalue weighted by Gasteiger charge is -2.19. The highest BCUT2D eigenvalue weighted by Gasteiger charge is 2.39. The van der Waals surface area contributed by atoms with E-state index in [0.29, 0.717) is 0 Å². The molecular formula is C6H9O7P. The molecular weight excluding hydrogens is 215 g/mol. The molecule has 0 aromatic heterocycles. The van der Waals surface area contributed by atoms with Crippen molar-refractivity contribution < 1.29 is 34.8 Å². The van der Waals surface area contributed by atoms with E-state index >= 15 is 0 Å². The third-order valence-electron chi connectivity index (χ3n) is 1.48. The van der Waals surface area contributed by atoms with Crippen LogP contribution in [0.5, 0.6) is 0 Å². The van der Waals surface area contributed by atoms with E-state index in [2.05, 4.69) is 0 Å². The van der Waals surface area contributed by atoms with Crippen molar-refractivity contribution in [3.63, 3.8) is 0 Å². The Morgan fingerprint density at radius 3 is 1.71 bits per heavy atom. The van der Waals surface area contributed by atoms with E-state index in [0.717, 1.165) is 0 Å². The molecule has 0 aromatic carbocycles. The average molecular weight is 224 g/mol. The molecule has 7 nitrogen and oxygen atoms in total. The zero-order chi connectivity index (χ0) is 11.5. The maximum atomic E-state index is 10.3. The highest BCUT2D eigenvalue weighted by atomic mass is 31.0. The summed E-state index contributed by atoms with van der Waals surface area (Å²) in [4.78, 5) is 31.0. The number of aliphatic hydroxyl groups is 1. The van der Waals surface area contributed by atoms with Gasteiger partial charge in [0.15, 0.2) is 11.3 Å². The van der Waals surface area contributed by atoms with E-state index in [9.17, 15) is 14.4 Å². The van der Waals surface area contributed by atoms with Gasteiger partial charge in [-0.25, -0.2) is 4.79 Å². The summed E-state index contributed by atoms with van der Waals surface area (Å²) >= 11 is 0. The number of carboxylic acid groups (broad SMARTS) is 3. The highest BCUT2D eigenvalue weighted by Crippen LogP contribution is 2.24. The summed E-state index contributed by atoms with van der Waals surface area (Å²) in [5, 5.41) is 31.8. The summed E-state index contributed by atoms with van der Waals surface area (Å²) in [7, 11) is 1.50. The number of hydrogen-bond donors (Lipinski definition) is 4. The monoisotopic (exact) mass is 224 g/mol. The minimum absolute atomic E-state index is 0.919. The van der Waals surface area contributed by atoms with Gasteiger partial charge in [0, 0.05) is 6.42 Å². The van der Waals surface area contributed by atoms with Gasteiger partial charge in [-0.3, -0.25) is 9.59 Å². The predicted octanol–water partition coefficient (Wildman–Crippen LogP) is -1.19. The molecule has 0 heterocycles. The molecule has 80 valence electrons. The van der Waals surface area contributed by atoms with Crippen molar-refractivity contribution >= 4 is 27.1 Å². The second-order valence-electron chi connectivity index (χ2n) is 2.66. The zero-order valence-corrected chi connectivity index (χ0v) is 8.03. The van der Waals surface area contributed by atoms with E-state index in [1.165, 1.54) is 9.24 Å². The van der Waals surface area contributed by atoms with E-state index in [-0.39, 0.29) is 0 Å². The first-order valence-corrected chi connectivity index (χ1v) is 3.96. The fraction of sp³-hybridized carbons (Fsp3) is 0.500. The van der Waals surface area contributed by atoms with Crippen molar-refractivity contribution in [1.82, 2.24) is 0 Å². The van der Waals surface area contributed by atoms with Crippen LogP contribution in [0.25, 0.3) is 0 Å². The third kappa shape index (κ3) is 3.27. The van der Waals surface area contributed by atoms with Crippen LogP contribution in [-0.2, 0) is 14.4 Å². The van der Waals surface area contributed by atoms with Gasteiger partial charge in [-0.05, 0) is 0 Å². The fourth-order valence-electron chi connectivity index (χ4n) is 0.679. The minimum Gasteiger partial charge on any atom is -0.481 e. The molecule has 0 aliphatic rings. The lowest BCUT2D eigenvalue weighted by atomic mass is 10.0. The minimum atomic E-state index is -2.44. The van der Waals surface area contributed by atoms with Crippen LogP contribution in [0.15, 0.2) is 0 Å². The van der Waals surface area contributed by atoms with Crippen LogP contribution in [0.1, 0.15) is 6.42 Å². The number of rotatable bonds is 5. The Hall–Kier alpha value is -1.20. The molecule has 0 fully saturated rings. The Bertz CT molecular complexity index is 257. The largest absolute Gasteiger partial charge is 0.481 e. The molecule has 0 spiro atoms. The van der Waals surface area contributed by atoms with Gasteiger partial charge in [0.05, 0.1) is 0 Å². The molecule has 0 rings (SSSR count). The standard InChI is InChI=1S/C6H9O7P/c7-3(8)2(4(9)10)1-6(13,14)5(11)12/h2,13H,1,14H2,(H,7,8)(H,9,10)(H,11,12). The fourth-order valence-corrected chi connectivity index (χ4v) is 0.914. The summed E-state index contributed by atoms with van der Waals surface area (Å²) < 4.78 is 0. The van der Waals surface area contributed by atoms with Crippen LogP contribution in [0.3, 0.4) is 0 Å². The highest BCUT2D eigenvalue weighted by molar-refractivity contribution is 7.20. The molecule has 8 heteroatoms. The summed E-state index contributed by atoms with van der Waals surface area (Å²) in [5.74, 6) is -7.04. The molecule has 0 aliphatic heterocycles. The van der Waals surface area contributed by atoms with Gasteiger partial charge in [-0.1, -0.05) is 9.24 Å². The van der Waals surface area contributed by atoms with Crippen LogP contribution in [0, 0.1) is 5.92 Å². The number of hydrogen-bond acceptors (Lipinski definition) is 4. The van der Waals surface area contributed by atoms with Gasteiger partial charge in [0.2, 0.25) is 0 Å². The average Bonchev–Trinajstić information content (AvgIpc) is 1.98. The Kier molecular flexibility index (Phi) is 3.97. The first kappa shape index (κ1) is 12.8. The van der Waals surface area contributed by atoms with Crippen LogP contribution >= 0.6 is 9.24 Å². The smallest absolute Gasteiger partial charge is 0.339 e.